The van der Waals surface area contributed by atoms with Gasteiger partial charge in [-0.2, -0.15) is 4.98 Å². The summed E-state index contributed by atoms with van der Waals surface area (Å²) < 4.78 is 0. The van der Waals surface area contributed by atoms with Gasteiger partial charge in [0.05, 0.1) is 4.92 Å². The van der Waals surface area contributed by atoms with Gasteiger partial charge in [0.25, 0.3) is 0 Å². The maximum atomic E-state index is 10.8. The first-order valence-corrected chi connectivity index (χ1v) is 6.18. The van der Waals surface area contributed by atoms with Crippen molar-refractivity contribution in [1.29, 1.82) is 0 Å². The molecule has 1 aromatic heterocycles. The van der Waals surface area contributed by atoms with Crippen LogP contribution in [0.25, 0.3) is 0 Å². The Morgan fingerprint density at radius 3 is 2.89 bits per heavy atom. The van der Waals surface area contributed by atoms with E-state index in [4.69, 9.17) is 11.6 Å². The number of aromatic nitrogens is 2. The molecule has 2 rings (SSSR count). The Morgan fingerprint density at radius 1 is 1.50 bits per heavy atom. The van der Waals surface area contributed by atoms with Gasteiger partial charge in [0.1, 0.15) is 6.20 Å². The zero-order valence-corrected chi connectivity index (χ0v) is 10.6. The number of hydrogen-bond donors (Lipinski definition) is 1. The fraction of sp³-hybridized carbons (Fsp3) is 0.600. The molecule has 0 spiro atoms. The summed E-state index contributed by atoms with van der Waals surface area (Å²) in [5.41, 5.74) is -0.152. The SMILES string of the molecule is O=[N+]([O-])c1cnc(Cl)nc1NCCN1CCCC1. The molecule has 0 amide bonds. The Bertz CT molecular complexity index is 436. The van der Waals surface area contributed by atoms with Gasteiger partial charge in [0.2, 0.25) is 11.1 Å². The summed E-state index contributed by atoms with van der Waals surface area (Å²) in [5, 5.41) is 13.7. The molecule has 0 saturated carbocycles. The molecule has 1 aliphatic heterocycles. The van der Waals surface area contributed by atoms with Crippen molar-refractivity contribution in [3.8, 4) is 0 Å². The van der Waals surface area contributed by atoms with Gasteiger partial charge in [-0.1, -0.05) is 0 Å². The predicted molar refractivity (Wildman–Crippen MR) is 67.9 cm³/mol. The van der Waals surface area contributed by atoms with Gasteiger partial charge in [0.15, 0.2) is 0 Å². The first-order valence-electron chi connectivity index (χ1n) is 5.80. The van der Waals surface area contributed by atoms with Crippen LogP contribution in [0.1, 0.15) is 12.8 Å². The van der Waals surface area contributed by atoms with E-state index in [1.165, 1.54) is 12.8 Å². The molecule has 7 nitrogen and oxygen atoms in total. The molecular weight excluding hydrogens is 258 g/mol. The molecule has 98 valence electrons. The zero-order valence-electron chi connectivity index (χ0n) is 9.80. The van der Waals surface area contributed by atoms with Crippen molar-refractivity contribution in [2.24, 2.45) is 0 Å². The van der Waals surface area contributed by atoms with E-state index >= 15 is 0 Å². The lowest BCUT2D eigenvalue weighted by Crippen LogP contribution is -2.26. The van der Waals surface area contributed by atoms with Gasteiger partial charge in [-0.15, -0.1) is 0 Å². The lowest BCUT2D eigenvalue weighted by Gasteiger charge is -2.14. The number of nitrogens with one attached hydrogen (secondary N) is 1. The van der Waals surface area contributed by atoms with Gasteiger partial charge in [-0.3, -0.25) is 10.1 Å². The average molecular weight is 272 g/mol. The Labute approximate surface area is 109 Å². The Kier molecular flexibility index (Phi) is 4.27. The molecule has 1 aliphatic rings. The molecule has 18 heavy (non-hydrogen) atoms. The third kappa shape index (κ3) is 3.27. The summed E-state index contributed by atoms with van der Waals surface area (Å²) in [5.74, 6) is 0.180. The largest absolute Gasteiger partial charge is 0.363 e. The molecule has 0 radical (unpaired) electrons. The quantitative estimate of drug-likeness (QED) is 0.497. The molecule has 0 unspecified atom stereocenters. The van der Waals surface area contributed by atoms with Gasteiger partial charge in [-0.05, 0) is 37.5 Å². The van der Waals surface area contributed by atoms with E-state index in [2.05, 4.69) is 20.2 Å². The summed E-state index contributed by atoms with van der Waals surface area (Å²) in [6, 6.07) is 0. The fourth-order valence-electron chi connectivity index (χ4n) is 1.96. The van der Waals surface area contributed by atoms with E-state index in [1.807, 2.05) is 0 Å². The molecule has 1 fully saturated rings. The van der Waals surface area contributed by atoms with Crippen LogP contribution >= 0.6 is 11.6 Å². The number of anilines is 1. The minimum Gasteiger partial charge on any atom is -0.363 e. The first kappa shape index (κ1) is 13.0. The number of nitro groups is 1. The molecular formula is C10H14ClN5O2. The maximum absolute atomic E-state index is 10.8. The lowest BCUT2D eigenvalue weighted by molar-refractivity contribution is -0.384. The highest BCUT2D eigenvalue weighted by atomic mass is 35.5. The van der Waals surface area contributed by atoms with Crippen LogP contribution in [0.3, 0.4) is 0 Å². The van der Waals surface area contributed by atoms with Crippen LogP contribution in [0.15, 0.2) is 6.20 Å². The van der Waals surface area contributed by atoms with E-state index < -0.39 is 4.92 Å². The summed E-state index contributed by atoms with van der Waals surface area (Å²) >= 11 is 5.63. The van der Waals surface area contributed by atoms with Crippen LogP contribution in [-0.4, -0.2) is 46.0 Å². The first-order chi connectivity index (χ1) is 8.66. The normalized spacial score (nSPS) is 15.8. The number of halogens is 1. The van der Waals surface area contributed by atoms with Crippen molar-refractivity contribution in [2.75, 3.05) is 31.5 Å². The maximum Gasteiger partial charge on any atom is 0.329 e. The molecule has 0 bridgehead atoms. The number of nitrogens with zero attached hydrogens (tertiary/aromatic N) is 4. The molecule has 1 N–H and O–H groups in total. The Morgan fingerprint density at radius 2 is 2.22 bits per heavy atom. The van der Waals surface area contributed by atoms with Crippen molar-refractivity contribution in [2.45, 2.75) is 12.8 Å². The molecule has 0 aliphatic carbocycles. The van der Waals surface area contributed by atoms with Crippen molar-refractivity contribution < 1.29 is 4.92 Å². The molecule has 8 heteroatoms. The molecule has 1 aromatic rings. The van der Waals surface area contributed by atoms with Gasteiger partial charge in [0, 0.05) is 13.1 Å². The van der Waals surface area contributed by atoms with E-state index in [1.54, 1.807) is 0 Å². The highest BCUT2D eigenvalue weighted by Gasteiger charge is 2.17. The Balaban J connectivity index is 1.94. The highest BCUT2D eigenvalue weighted by Crippen LogP contribution is 2.21. The van der Waals surface area contributed by atoms with Crippen molar-refractivity contribution >= 4 is 23.1 Å². The predicted octanol–water partition coefficient (Wildman–Crippen LogP) is 1.55. The molecule has 0 aromatic carbocycles. The van der Waals surface area contributed by atoms with Crippen LogP contribution in [-0.2, 0) is 0 Å². The van der Waals surface area contributed by atoms with Gasteiger partial charge >= 0.3 is 5.69 Å². The molecule has 0 atom stereocenters. The average Bonchev–Trinajstić information content (AvgIpc) is 2.82. The highest BCUT2D eigenvalue weighted by molar-refractivity contribution is 6.28. The second-order valence-electron chi connectivity index (χ2n) is 4.11. The van der Waals surface area contributed by atoms with Crippen LogP contribution in [0.2, 0.25) is 5.28 Å². The number of hydrogen-bond acceptors (Lipinski definition) is 6. The van der Waals surface area contributed by atoms with E-state index in [0.29, 0.717) is 6.54 Å². The summed E-state index contributed by atoms with van der Waals surface area (Å²) in [6.07, 6.45) is 3.56. The smallest absolute Gasteiger partial charge is 0.329 e. The summed E-state index contributed by atoms with van der Waals surface area (Å²) in [4.78, 5) is 20.0. The molecule has 2 heterocycles. The second-order valence-corrected chi connectivity index (χ2v) is 4.44. The van der Waals surface area contributed by atoms with E-state index in [0.717, 1.165) is 25.8 Å². The van der Waals surface area contributed by atoms with Gasteiger partial charge in [-0.25, -0.2) is 4.98 Å². The van der Waals surface area contributed by atoms with Crippen molar-refractivity contribution in [3.05, 3.63) is 21.6 Å². The Hall–Kier alpha value is -1.47. The number of rotatable bonds is 5. The second kappa shape index (κ2) is 5.92. The zero-order chi connectivity index (χ0) is 13.0. The standard InChI is InChI=1S/C10H14ClN5O2/c11-10-13-7-8(16(17)18)9(14-10)12-3-6-15-4-1-2-5-15/h7H,1-6H2,(H,12,13,14). The summed E-state index contributed by atoms with van der Waals surface area (Å²) in [7, 11) is 0. The van der Waals surface area contributed by atoms with E-state index in [-0.39, 0.29) is 16.8 Å². The fourth-order valence-corrected chi connectivity index (χ4v) is 2.09. The topological polar surface area (TPSA) is 84.2 Å². The van der Waals surface area contributed by atoms with Crippen molar-refractivity contribution in [1.82, 2.24) is 14.9 Å². The van der Waals surface area contributed by atoms with Crippen molar-refractivity contribution in [3.63, 3.8) is 0 Å². The monoisotopic (exact) mass is 271 g/mol. The third-order valence-corrected chi connectivity index (χ3v) is 3.04. The lowest BCUT2D eigenvalue weighted by atomic mass is 10.4. The van der Waals surface area contributed by atoms with Crippen LogP contribution < -0.4 is 5.32 Å². The summed E-state index contributed by atoms with van der Waals surface area (Å²) in [6.45, 7) is 3.63. The van der Waals surface area contributed by atoms with Crippen LogP contribution in [0, 0.1) is 10.1 Å². The third-order valence-electron chi connectivity index (χ3n) is 2.86. The minimum atomic E-state index is -0.519. The van der Waals surface area contributed by atoms with Crippen LogP contribution in [0.4, 0.5) is 11.5 Å². The van der Waals surface area contributed by atoms with E-state index in [9.17, 15) is 10.1 Å². The minimum absolute atomic E-state index is 0.00396. The van der Waals surface area contributed by atoms with Gasteiger partial charge < -0.3 is 10.2 Å². The van der Waals surface area contributed by atoms with Crippen LogP contribution in [0.5, 0.6) is 0 Å². The number of likely N-dealkylation sites (tertiary alicyclic amines) is 1. The molecule has 1 saturated heterocycles.